The number of imidazole rings is 1. The molecule has 2 atom stereocenters. The number of aryl methyl sites for hydroxylation is 2. The van der Waals surface area contributed by atoms with Gasteiger partial charge in [0.1, 0.15) is 18.5 Å². The molecule has 0 saturated heterocycles. The first-order valence-corrected chi connectivity index (χ1v) is 11.3. The number of hydrogen-bond acceptors (Lipinski definition) is 6. The molecule has 9 nitrogen and oxygen atoms in total. The molecule has 9 heteroatoms. The Labute approximate surface area is 191 Å². The third-order valence-electron chi connectivity index (χ3n) is 6.09. The number of ether oxygens (including phenoxy) is 1. The van der Waals surface area contributed by atoms with Gasteiger partial charge >= 0.3 is 5.69 Å². The summed E-state index contributed by atoms with van der Waals surface area (Å²) in [6.45, 7) is 1.86. The van der Waals surface area contributed by atoms with Gasteiger partial charge in [0.25, 0.3) is 5.56 Å². The van der Waals surface area contributed by atoms with Crippen molar-refractivity contribution in [1.29, 1.82) is 0 Å². The summed E-state index contributed by atoms with van der Waals surface area (Å²) in [5, 5.41) is 13.5. The van der Waals surface area contributed by atoms with Crippen LogP contribution in [0.3, 0.4) is 0 Å². The Morgan fingerprint density at radius 2 is 2.12 bits per heavy atom. The van der Waals surface area contributed by atoms with Crippen molar-refractivity contribution in [2.75, 3.05) is 19.7 Å². The van der Waals surface area contributed by atoms with Gasteiger partial charge in [-0.2, -0.15) is 0 Å². The molecular formula is C24H31N5O4. The number of allylic oxidation sites excluding steroid dienone is 2. The van der Waals surface area contributed by atoms with E-state index in [0.717, 1.165) is 29.6 Å². The van der Waals surface area contributed by atoms with Gasteiger partial charge in [0.2, 0.25) is 0 Å². The van der Waals surface area contributed by atoms with E-state index in [1.807, 2.05) is 12.1 Å². The van der Waals surface area contributed by atoms with Crippen LogP contribution in [0.1, 0.15) is 30.7 Å². The number of aliphatic hydroxyl groups is 1. The highest BCUT2D eigenvalue weighted by atomic mass is 16.5. The fraction of sp³-hybridized carbons (Fsp3) is 0.458. The summed E-state index contributed by atoms with van der Waals surface area (Å²) in [7, 11) is 3.07. The van der Waals surface area contributed by atoms with E-state index in [-0.39, 0.29) is 12.2 Å². The predicted octanol–water partition coefficient (Wildman–Crippen LogP) is 1.29. The van der Waals surface area contributed by atoms with E-state index in [0.29, 0.717) is 36.7 Å². The number of benzene rings is 1. The Balaban J connectivity index is 1.22. The average Bonchev–Trinajstić information content (AvgIpc) is 3.51. The normalized spacial score (nSPS) is 16.5. The summed E-state index contributed by atoms with van der Waals surface area (Å²) in [5.74, 6) is 1.23. The van der Waals surface area contributed by atoms with E-state index in [9.17, 15) is 14.7 Å². The van der Waals surface area contributed by atoms with Crippen molar-refractivity contribution in [3.8, 4) is 5.75 Å². The van der Waals surface area contributed by atoms with Crippen molar-refractivity contribution >= 4 is 11.2 Å². The lowest BCUT2D eigenvalue weighted by Crippen LogP contribution is -2.37. The van der Waals surface area contributed by atoms with E-state index in [1.54, 1.807) is 17.9 Å². The van der Waals surface area contributed by atoms with Crippen molar-refractivity contribution in [2.45, 2.75) is 37.8 Å². The zero-order chi connectivity index (χ0) is 23.4. The summed E-state index contributed by atoms with van der Waals surface area (Å²) in [6, 6.07) is 8.07. The minimum absolute atomic E-state index is 0.215. The van der Waals surface area contributed by atoms with Crippen LogP contribution in [-0.4, -0.2) is 49.6 Å². The molecule has 3 aromatic rings. The molecule has 0 saturated carbocycles. The van der Waals surface area contributed by atoms with Gasteiger partial charge in [0.05, 0.1) is 6.33 Å². The maximum Gasteiger partial charge on any atom is 0.332 e. The van der Waals surface area contributed by atoms with Crippen LogP contribution < -0.4 is 21.3 Å². The standard InChI is InChI=1S/C24H31N5O4/c1-27-22-21(23(31)28(2)24(27)32)29(16-26-22)12-6-11-25-14-19(30)15-33-20-10-5-9-18(13-20)17-7-3-4-8-17/h3,5,7,9-10,13,16-17,19,25,30H,4,6,8,11-12,14-15H2,1-2H3. The zero-order valence-electron chi connectivity index (χ0n) is 19.1. The monoisotopic (exact) mass is 453 g/mol. The average molecular weight is 454 g/mol. The van der Waals surface area contributed by atoms with Gasteiger partial charge in [-0.05, 0) is 43.5 Å². The summed E-state index contributed by atoms with van der Waals surface area (Å²) in [4.78, 5) is 28.7. The lowest BCUT2D eigenvalue weighted by Gasteiger charge is -2.15. The molecule has 1 aliphatic carbocycles. The van der Waals surface area contributed by atoms with Crippen molar-refractivity contribution in [3.63, 3.8) is 0 Å². The van der Waals surface area contributed by atoms with Crippen LogP contribution in [0.15, 0.2) is 52.3 Å². The van der Waals surface area contributed by atoms with Crippen molar-refractivity contribution in [2.24, 2.45) is 14.1 Å². The van der Waals surface area contributed by atoms with Crippen LogP contribution in [0.25, 0.3) is 11.2 Å². The van der Waals surface area contributed by atoms with Crippen LogP contribution >= 0.6 is 0 Å². The zero-order valence-corrected chi connectivity index (χ0v) is 19.1. The lowest BCUT2D eigenvalue weighted by molar-refractivity contribution is 0.106. The van der Waals surface area contributed by atoms with Gasteiger partial charge in [-0.25, -0.2) is 9.78 Å². The molecule has 0 aliphatic heterocycles. The van der Waals surface area contributed by atoms with E-state index >= 15 is 0 Å². The van der Waals surface area contributed by atoms with Gasteiger partial charge in [0.15, 0.2) is 11.2 Å². The second kappa shape index (κ2) is 10.2. The van der Waals surface area contributed by atoms with Gasteiger partial charge in [-0.3, -0.25) is 13.9 Å². The molecule has 0 bridgehead atoms. The molecule has 4 rings (SSSR count). The first-order valence-electron chi connectivity index (χ1n) is 11.3. The highest BCUT2D eigenvalue weighted by molar-refractivity contribution is 5.69. The third kappa shape index (κ3) is 5.09. The van der Waals surface area contributed by atoms with Gasteiger partial charge in [0, 0.05) is 33.1 Å². The molecule has 176 valence electrons. The number of fused-ring (bicyclic) bond motifs is 1. The molecule has 2 unspecified atom stereocenters. The Morgan fingerprint density at radius 3 is 2.91 bits per heavy atom. The van der Waals surface area contributed by atoms with Crippen LogP contribution in [0, 0.1) is 0 Å². The van der Waals surface area contributed by atoms with Crippen molar-refractivity contribution in [1.82, 2.24) is 24.0 Å². The highest BCUT2D eigenvalue weighted by Crippen LogP contribution is 2.30. The number of hydrogen-bond donors (Lipinski definition) is 2. The second-order valence-electron chi connectivity index (χ2n) is 8.52. The molecule has 1 aliphatic rings. The fourth-order valence-corrected chi connectivity index (χ4v) is 4.21. The maximum absolute atomic E-state index is 12.5. The molecule has 33 heavy (non-hydrogen) atoms. The summed E-state index contributed by atoms with van der Waals surface area (Å²) in [5.41, 5.74) is 1.31. The number of nitrogens with zero attached hydrogens (tertiary/aromatic N) is 4. The van der Waals surface area contributed by atoms with Crippen molar-refractivity contribution in [3.05, 3.63) is 69.1 Å². The first-order chi connectivity index (χ1) is 16.0. The van der Waals surface area contributed by atoms with Gasteiger partial charge in [-0.15, -0.1) is 0 Å². The largest absolute Gasteiger partial charge is 0.491 e. The topological polar surface area (TPSA) is 103 Å². The quantitative estimate of drug-likeness (QED) is 0.354. The minimum atomic E-state index is -0.629. The Bertz CT molecular complexity index is 1260. The highest BCUT2D eigenvalue weighted by Gasteiger charge is 2.15. The number of aliphatic hydroxyl groups excluding tert-OH is 1. The van der Waals surface area contributed by atoms with E-state index in [4.69, 9.17) is 4.74 Å². The van der Waals surface area contributed by atoms with E-state index in [2.05, 4.69) is 34.6 Å². The molecule has 0 spiro atoms. The summed E-state index contributed by atoms with van der Waals surface area (Å²) in [6.07, 6.45) is 8.40. The summed E-state index contributed by atoms with van der Waals surface area (Å²) < 4.78 is 10.0. The van der Waals surface area contributed by atoms with E-state index in [1.165, 1.54) is 17.2 Å². The molecule has 2 N–H and O–H groups in total. The maximum atomic E-state index is 12.5. The Hall–Kier alpha value is -3.17. The molecule has 2 heterocycles. The predicted molar refractivity (Wildman–Crippen MR) is 127 cm³/mol. The van der Waals surface area contributed by atoms with Crippen LogP contribution in [0.2, 0.25) is 0 Å². The SMILES string of the molecule is Cn1c(=O)c2c(ncn2CCCNCC(O)COc2cccc(C3C=CCC3)c2)n(C)c1=O. The second-order valence-corrected chi connectivity index (χ2v) is 8.52. The van der Waals surface area contributed by atoms with Crippen molar-refractivity contribution < 1.29 is 9.84 Å². The molecule has 0 amide bonds. The first kappa shape index (κ1) is 23.0. The smallest absolute Gasteiger partial charge is 0.332 e. The number of nitrogens with one attached hydrogen (secondary N) is 1. The summed E-state index contributed by atoms with van der Waals surface area (Å²) >= 11 is 0. The molecule has 2 aromatic heterocycles. The van der Waals surface area contributed by atoms with Gasteiger partial charge in [-0.1, -0.05) is 24.3 Å². The Morgan fingerprint density at radius 1 is 1.27 bits per heavy atom. The van der Waals surface area contributed by atoms with Gasteiger partial charge < -0.3 is 19.7 Å². The van der Waals surface area contributed by atoms with Crippen LogP contribution in [-0.2, 0) is 20.6 Å². The Kier molecular flexibility index (Phi) is 7.10. The van der Waals surface area contributed by atoms with Crippen LogP contribution in [0.5, 0.6) is 5.75 Å². The molecular weight excluding hydrogens is 422 g/mol. The van der Waals surface area contributed by atoms with E-state index < -0.39 is 11.8 Å². The third-order valence-corrected chi connectivity index (χ3v) is 6.09. The lowest BCUT2D eigenvalue weighted by atomic mass is 9.99. The number of aromatic nitrogens is 4. The molecule has 0 fully saturated rings. The molecule has 1 aromatic carbocycles. The number of rotatable bonds is 10. The van der Waals surface area contributed by atoms with Crippen LogP contribution in [0.4, 0.5) is 0 Å². The fourth-order valence-electron chi connectivity index (χ4n) is 4.21. The molecule has 0 radical (unpaired) electrons. The minimum Gasteiger partial charge on any atom is -0.491 e.